The van der Waals surface area contributed by atoms with E-state index in [9.17, 15) is 4.79 Å². The van der Waals surface area contributed by atoms with E-state index in [0.717, 1.165) is 0 Å². The Morgan fingerprint density at radius 2 is 2.00 bits per heavy atom. The number of esters is 1. The third kappa shape index (κ3) is 6.54. The summed E-state index contributed by atoms with van der Waals surface area (Å²) in [6.07, 6.45) is 0.659. The molecule has 0 aliphatic carbocycles. The number of carbonyl (C=O) groups excluding carboxylic acids is 1. The number of hydrogen-bond donors (Lipinski definition) is 1. The van der Waals surface area contributed by atoms with E-state index in [1.165, 1.54) is 0 Å². The second-order valence-electron chi connectivity index (χ2n) is 3.40. The number of nitrogens with two attached hydrogens (primary N) is 1. The first kappa shape index (κ1) is 12.4. The highest BCUT2D eigenvalue weighted by atomic mass is 16.6. The summed E-state index contributed by atoms with van der Waals surface area (Å²) in [6.45, 7) is 4.73. The molecule has 0 aliphatic rings. The monoisotopic (exact) mass is 189 g/mol. The van der Waals surface area contributed by atoms with E-state index in [2.05, 4.69) is 0 Å². The minimum absolute atomic E-state index is 0.279. The molecule has 0 saturated heterocycles. The summed E-state index contributed by atoms with van der Waals surface area (Å²) in [6, 6.07) is -0.503. The van der Waals surface area contributed by atoms with Crippen molar-refractivity contribution in [1.82, 2.24) is 0 Å². The van der Waals surface area contributed by atoms with Gasteiger partial charge in [0.25, 0.3) is 0 Å². The number of ether oxygens (including phenoxy) is 2. The Kier molecular flexibility index (Phi) is 6.54. The van der Waals surface area contributed by atoms with Crippen LogP contribution in [0.25, 0.3) is 0 Å². The van der Waals surface area contributed by atoms with Crippen LogP contribution < -0.4 is 5.73 Å². The Labute approximate surface area is 79.4 Å². The highest BCUT2D eigenvalue weighted by Crippen LogP contribution is 2.03. The lowest BCUT2D eigenvalue weighted by molar-refractivity contribution is -0.146. The van der Waals surface area contributed by atoms with E-state index in [0.29, 0.717) is 18.9 Å². The summed E-state index contributed by atoms with van der Waals surface area (Å²) in [4.78, 5) is 11.2. The molecule has 13 heavy (non-hydrogen) atoms. The van der Waals surface area contributed by atoms with Crippen molar-refractivity contribution in [1.29, 1.82) is 0 Å². The van der Waals surface area contributed by atoms with Crippen molar-refractivity contribution in [2.24, 2.45) is 11.7 Å². The van der Waals surface area contributed by atoms with Gasteiger partial charge in [-0.3, -0.25) is 4.79 Å². The summed E-state index contributed by atoms with van der Waals surface area (Å²) in [5.74, 6) is 0.0655. The molecule has 0 radical (unpaired) electrons. The second-order valence-corrected chi connectivity index (χ2v) is 3.40. The van der Waals surface area contributed by atoms with E-state index in [4.69, 9.17) is 15.2 Å². The molecular weight excluding hydrogens is 170 g/mol. The van der Waals surface area contributed by atoms with Crippen LogP contribution >= 0.6 is 0 Å². The van der Waals surface area contributed by atoms with Gasteiger partial charge in [-0.2, -0.15) is 0 Å². The predicted octanol–water partition coefficient (Wildman–Crippen LogP) is 0.549. The van der Waals surface area contributed by atoms with Crippen LogP contribution in [0.5, 0.6) is 0 Å². The normalized spacial score (nSPS) is 13.0. The first-order valence-corrected chi connectivity index (χ1v) is 4.49. The molecular formula is C9H19NO3. The smallest absolute Gasteiger partial charge is 0.322 e. The third-order valence-corrected chi connectivity index (χ3v) is 1.56. The van der Waals surface area contributed by atoms with Crippen molar-refractivity contribution >= 4 is 5.97 Å². The van der Waals surface area contributed by atoms with E-state index in [1.54, 1.807) is 7.11 Å². The summed E-state index contributed by atoms with van der Waals surface area (Å²) in [7, 11) is 1.56. The zero-order valence-electron chi connectivity index (χ0n) is 8.58. The van der Waals surface area contributed by atoms with Crippen LogP contribution in [0.15, 0.2) is 0 Å². The average molecular weight is 189 g/mol. The molecule has 0 spiro atoms. The van der Waals surface area contributed by atoms with Crippen molar-refractivity contribution in [2.75, 3.05) is 20.3 Å². The van der Waals surface area contributed by atoms with Gasteiger partial charge in [0.2, 0.25) is 0 Å². The molecule has 78 valence electrons. The lowest BCUT2D eigenvalue weighted by Crippen LogP contribution is -2.34. The zero-order chi connectivity index (χ0) is 10.3. The molecule has 0 fully saturated rings. The van der Waals surface area contributed by atoms with Crippen molar-refractivity contribution in [3.05, 3.63) is 0 Å². The predicted molar refractivity (Wildman–Crippen MR) is 50.3 cm³/mol. The van der Waals surface area contributed by atoms with Gasteiger partial charge in [0.15, 0.2) is 0 Å². The quantitative estimate of drug-likeness (QED) is 0.489. The maximum atomic E-state index is 11.2. The first-order valence-electron chi connectivity index (χ1n) is 4.49. The Morgan fingerprint density at radius 3 is 2.46 bits per heavy atom. The summed E-state index contributed by atoms with van der Waals surface area (Å²) >= 11 is 0. The van der Waals surface area contributed by atoms with Crippen molar-refractivity contribution in [3.63, 3.8) is 0 Å². The molecule has 0 unspecified atom stereocenters. The molecule has 0 aromatic carbocycles. The van der Waals surface area contributed by atoms with E-state index < -0.39 is 6.04 Å². The fourth-order valence-corrected chi connectivity index (χ4v) is 0.937. The number of rotatable bonds is 6. The largest absolute Gasteiger partial charge is 0.462 e. The molecule has 0 aromatic rings. The van der Waals surface area contributed by atoms with Crippen molar-refractivity contribution < 1.29 is 14.3 Å². The lowest BCUT2D eigenvalue weighted by Gasteiger charge is -2.12. The Balaban J connectivity index is 3.57. The molecule has 0 heterocycles. The molecule has 2 N–H and O–H groups in total. The van der Waals surface area contributed by atoms with Crippen LogP contribution in [0.1, 0.15) is 20.3 Å². The van der Waals surface area contributed by atoms with Gasteiger partial charge in [-0.1, -0.05) is 13.8 Å². The number of methoxy groups -OCH3 is 1. The SMILES string of the molecule is COCCOC(=O)[C@H](N)CC(C)C. The number of carbonyl (C=O) groups is 1. The fraction of sp³-hybridized carbons (Fsp3) is 0.889. The average Bonchev–Trinajstić information content (AvgIpc) is 2.03. The molecule has 4 nitrogen and oxygen atoms in total. The van der Waals surface area contributed by atoms with Gasteiger partial charge in [0.05, 0.1) is 6.61 Å². The highest BCUT2D eigenvalue weighted by molar-refractivity contribution is 5.75. The third-order valence-electron chi connectivity index (χ3n) is 1.56. The molecule has 0 bridgehead atoms. The fourth-order valence-electron chi connectivity index (χ4n) is 0.937. The Hall–Kier alpha value is -0.610. The minimum atomic E-state index is -0.503. The maximum absolute atomic E-state index is 11.2. The van der Waals surface area contributed by atoms with Crippen LogP contribution in [0.3, 0.4) is 0 Å². The standard InChI is InChI=1S/C9H19NO3/c1-7(2)6-8(10)9(11)13-5-4-12-3/h7-8H,4-6,10H2,1-3H3/t8-/m1/s1. The van der Waals surface area contributed by atoms with Crippen LogP contribution in [-0.4, -0.2) is 32.3 Å². The van der Waals surface area contributed by atoms with Gasteiger partial charge < -0.3 is 15.2 Å². The molecule has 0 saturated carbocycles. The van der Waals surface area contributed by atoms with Gasteiger partial charge in [-0.25, -0.2) is 0 Å². The molecule has 0 rings (SSSR count). The van der Waals surface area contributed by atoms with Crippen molar-refractivity contribution in [2.45, 2.75) is 26.3 Å². The maximum Gasteiger partial charge on any atom is 0.322 e. The first-order chi connectivity index (χ1) is 6.07. The Morgan fingerprint density at radius 1 is 1.38 bits per heavy atom. The molecule has 0 amide bonds. The molecule has 1 atom stereocenters. The van der Waals surface area contributed by atoms with Gasteiger partial charge >= 0.3 is 5.97 Å². The Bertz CT molecular complexity index is 148. The zero-order valence-corrected chi connectivity index (χ0v) is 8.58. The van der Waals surface area contributed by atoms with Gasteiger partial charge in [0, 0.05) is 7.11 Å². The van der Waals surface area contributed by atoms with E-state index >= 15 is 0 Å². The summed E-state index contributed by atoms with van der Waals surface area (Å²) in [5, 5.41) is 0. The van der Waals surface area contributed by atoms with Crippen LogP contribution in [0.2, 0.25) is 0 Å². The summed E-state index contributed by atoms with van der Waals surface area (Å²) in [5.41, 5.74) is 5.59. The van der Waals surface area contributed by atoms with Gasteiger partial charge in [-0.15, -0.1) is 0 Å². The van der Waals surface area contributed by atoms with Crippen LogP contribution in [0.4, 0.5) is 0 Å². The topological polar surface area (TPSA) is 61.5 Å². The molecule has 0 aliphatic heterocycles. The highest BCUT2D eigenvalue weighted by Gasteiger charge is 2.15. The lowest BCUT2D eigenvalue weighted by atomic mass is 10.1. The van der Waals surface area contributed by atoms with E-state index in [1.807, 2.05) is 13.8 Å². The van der Waals surface area contributed by atoms with Crippen LogP contribution in [-0.2, 0) is 14.3 Å². The minimum Gasteiger partial charge on any atom is -0.462 e. The van der Waals surface area contributed by atoms with Crippen molar-refractivity contribution in [3.8, 4) is 0 Å². The number of hydrogen-bond acceptors (Lipinski definition) is 4. The van der Waals surface area contributed by atoms with Gasteiger partial charge in [-0.05, 0) is 12.3 Å². The second kappa shape index (κ2) is 6.86. The van der Waals surface area contributed by atoms with E-state index in [-0.39, 0.29) is 12.6 Å². The molecule has 0 aromatic heterocycles. The van der Waals surface area contributed by atoms with Gasteiger partial charge in [0.1, 0.15) is 12.6 Å². The molecule has 4 heteroatoms. The summed E-state index contributed by atoms with van der Waals surface area (Å²) < 4.78 is 9.59. The van der Waals surface area contributed by atoms with Crippen LogP contribution in [0, 0.1) is 5.92 Å².